The van der Waals surface area contributed by atoms with Crippen LogP contribution in [0.5, 0.6) is 0 Å². The van der Waals surface area contributed by atoms with Crippen molar-refractivity contribution in [3.63, 3.8) is 0 Å². The molecule has 0 radical (unpaired) electrons. The van der Waals surface area contributed by atoms with Gasteiger partial charge in [0.1, 0.15) is 6.10 Å². The zero-order valence-corrected chi connectivity index (χ0v) is 16.1. The Labute approximate surface area is 164 Å². The van der Waals surface area contributed by atoms with E-state index in [9.17, 15) is 14.4 Å². The van der Waals surface area contributed by atoms with Crippen molar-refractivity contribution in [3.05, 3.63) is 29.8 Å². The van der Waals surface area contributed by atoms with Gasteiger partial charge in [0, 0.05) is 30.3 Å². The third kappa shape index (κ3) is 2.81. The van der Waals surface area contributed by atoms with Gasteiger partial charge in [0.05, 0.1) is 11.8 Å². The van der Waals surface area contributed by atoms with Crippen LogP contribution >= 0.6 is 0 Å². The number of nitrogens with one attached hydrogen (secondary N) is 1. The maximum absolute atomic E-state index is 12.9. The first kappa shape index (κ1) is 17.7. The zero-order valence-electron chi connectivity index (χ0n) is 16.1. The topological polar surface area (TPSA) is 75.7 Å². The van der Waals surface area contributed by atoms with Crippen molar-refractivity contribution in [2.24, 2.45) is 29.6 Å². The second-order valence-corrected chi connectivity index (χ2v) is 8.97. The van der Waals surface area contributed by atoms with E-state index in [-0.39, 0.29) is 47.6 Å². The highest BCUT2D eigenvalue weighted by molar-refractivity contribution is 5.99. The van der Waals surface area contributed by atoms with Gasteiger partial charge >= 0.3 is 5.97 Å². The molecule has 2 aliphatic carbocycles. The molecule has 4 fully saturated rings. The Morgan fingerprint density at radius 2 is 1.96 bits per heavy atom. The molecule has 5 rings (SSSR count). The molecule has 2 bridgehead atoms. The van der Waals surface area contributed by atoms with E-state index in [1.54, 1.807) is 24.3 Å². The largest absolute Gasteiger partial charge is 0.462 e. The van der Waals surface area contributed by atoms with Crippen molar-refractivity contribution in [1.82, 2.24) is 4.90 Å². The first-order valence-electron chi connectivity index (χ1n) is 10.4. The van der Waals surface area contributed by atoms with Gasteiger partial charge in [-0.15, -0.1) is 0 Å². The van der Waals surface area contributed by atoms with Crippen LogP contribution in [0, 0.1) is 29.6 Å². The van der Waals surface area contributed by atoms with Crippen LogP contribution in [0.1, 0.15) is 43.0 Å². The summed E-state index contributed by atoms with van der Waals surface area (Å²) < 4.78 is 5.43. The summed E-state index contributed by atoms with van der Waals surface area (Å²) in [5.41, 5.74) is 1.22. The SMILES string of the molecule is CC1CCN(C(=O)c2cccc(NC(=O)[C@@H]3[C@@H]4C[C@@H]5[C@H]3C(=O)O[C@H]5C4)c2)CC1. The number of carbonyl (C=O) groups is 3. The molecule has 6 nitrogen and oxygen atoms in total. The van der Waals surface area contributed by atoms with Crippen LogP contribution in [0.3, 0.4) is 0 Å². The summed E-state index contributed by atoms with van der Waals surface area (Å²) in [7, 11) is 0. The highest BCUT2D eigenvalue weighted by atomic mass is 16.6. The molecule has 1 aromatic carbocycles. The summed E-state index contributed by atoms with van der Waals surface area (Å²) in [6.45, 7) is 3.79. The minimum Gasteiger partial charge on any atom is -0.462 e. The summed E-state index contributed by atoms with van der Waals surface area (Å²) >= 11 is 0. The van der Waals surface area contributed by atoms with Crippen LogP contribution in [0.2, 0.25) is 0 Å². The van der Waals surface area contributed by atoms with Gasteiger partial charge in [-0.3, -0.25) is 14.4 Å². The molecule has 0 spiro atoms. The van der Waals surface area contributed by atoms with E-state index in [1.807, 2.05) is 4.90 Å². The number of esters is 1. The maximum atomic E-state index is 12.9. The number of likely N-dealkylation sites (tertiary alicyclic amines) is 1. The van der Waals surface area contributed by atoms with Gasteiger partial charge in [0.2, 0.25) is 5.91 Å². The Hall–Kier alpha value is -2.37. The van der Waals surface area contributed by atoms with Crippen molar-refractivity contribution in [2.75, 3.05) is 18.4 Å². The first-order valence-corrected chi connectivity index (χ1v) is 10.4. The number of amides is 2. The van der Waals surface area contributed by atoms with E-state index in [0.29, 0.717) is 17.2 Å². The number of anilines is 1. The lowest BCUT2D eigenvalue weighted by atomic mass is 9.79. The second-order valence-electron chi connectivity index (χ2n) is 8.97. The average Bonchev–Trinajstić information content (AvgIpc) is 3.31. The molecule has 148 valence electrons. The molecule has 1 N–H and O–H groups in total. The van der Waals surface area contributed by atoms with Gasteiger partial charge in [0.25, 0.3) is 5.91 Å². The number of piperidine rings is 1. The Kier molecular flexibility index (Phi) is 4.18. The minimum absolute atomic E-state index is 0.0186. The van der Waals surface area contributed by atoms with Gasteiger partial charge < -0.3 is 15.0 Å². The van der Waals surface area contributed by atoms with E-state index in [0.717, 1.165) is 38.8 Å². The van der Waals surface area contributed by atoms with E-state index < -0.39 is 0 Å². The molecular weight excluding hydrogens is 356 g/mol. The van der Waals surface area contributed by atoms with Crippen molar-refractivity contribution >= 4 is 23.5 Å². The maximum Gasteiger partial charge on any atom is 0.310 e. The van der Waals surface area contributed by atoms with Crippen molar-refractivity contribution in [3.8, 4) is 0 Å². The molecule has 1 aromatic rings. The fraction of sp³-hybridized carbons (Fsp3) is 0.591. The van der Waals surface area contributed by atoms with E-state index in [4.69, 9.17) is 4.74 Å². The van der Waals surface area contributed by atoms with Crippen LogP contribution in [-0.2, 0) is 14.3 Å². The normalized spacial score (nSPS) is 33.8. The van der Waals surface area contributed by atoms with Crippen molar-refractivity contribution in [1.29, 1.82) is 0 Å². The minimum atomic E-state index is -0.306. The highest BCUT2D eigenvalue weighted by Gasteiger charge is 2.63. The average molecular weight is 382 g/mol. The Bertz CT molecular complexity index is 828. The van der Waals surface area contributed by atoms with Crippen LogP contribution in [-0.4, -0.2) is 41.9 Å². The van der Waals surface area contributed by atoms with Gasteiger partial charge in [-0.25, -0.2) is 0 Å². The Morgan fingerprint density at radius 3 is 2.75 bits per heavy atom. The molecule has 0 aromatic heterocycles. The van der Waals surface area contributed by atoms with Crippen LogP contribution < -0.4 is 5.32 Å². The summed E-state index contributed by atoms with van der Waals surface area (Å²) in [4.78, 5) is 39.8. The second kappa shape index (κ2) is 6.61. The monoisotopic (exact) mass is 382 g/mol. The number of hydrogen-bond acceptors (Lipinski definition) is 4. The Balaban J connectivity index is 1.29. The molecule has 28 heavy (non-hydrogen) atoms. The fourth-order valence-electron chi connectivity index (χ4n) is 5.71. The number of ether oxygens (including phenoxy) is 1. The predicted molar refractivity (Wildman–Crippen MR) is 102 cm³/mol. The van der Waals surface area contributed by atoms with Crippen LogP contribution in [0.25, 0.3) is 0 Å². The predicted octanol–water partition coefficient (Wildman–Crippen LogP) is 2.69. The third-order valence-electron chi connectivity index (χ3n) is 7.23. The molecule has 2 heterocycles. The number of rotatable bonds is 3. The lowest BCUT2D eigenvalue weighted by Gasteiger charge is -2.30. The van der Waals surface area contributed by atoms with E-state index in [1.165, 1.54) is 0 Å². The molecular formula is C22H26N2O4. The molecule has 2 saturated heterocycles. The number of carbonyl (C=O) groups excluding carboxylic acids is 3. The summed E-state index contributed by atoms with van der Waals surface area (Å²) in [5, 5.41) is 2.96. The Morgan fingerprint density at radius 1 is 1.18 bits per heavy atom. The highest BCUT2D eigenvalue weighted by Crippen LogP contribution is 2.57. The van der Waals surface area contributed by atoms with Crippen molar-refractivity contribution in [2.45, 2.75) is 38.7 Å². The van der Waals surface area contributed by atoms with Crippen LogP contribution in [0.15, 0.2) is 24.3 Å². The lowest BCUT2D eigenvalue weighted by molar-refractivity contribution is -0.145. The van der Waals surface area contributed by atoms with Gasteiger partial charge in [-0.1, -0.05) is 13.0 Å². The molecule has 6 heteroatoms. The van der Waals surface area contributed by atoms with Gasteiger partial charge in [-0.2, -0.15) is 0 Å². The number of benzene rings is 1. The molecule has 5 atom stereocenters. The summed E-state index contributed by atoms with van der Waals surface area (Å²) in [6.07, 6.45) is 3.80. The van der Waals surface area contributed by atoms with Crippen LogP contribution in [0.4, 0.5) is 5.69 Å². The smallest absolute Gasteiger partial charge is 0.310 e. The van der Waals surface area contributed by atoms with Gasteiger partial charge in [-0.05, 0) is 55.7 Å². The summed E-state index contributed by atoms with van der Waals surface area (Å²) in [5.74, 6) is 0.199. The molecule has 4 aliphatic rings. The molecule has 2 amide bonds. The number of hydrogen-bond donors (Lipinski definition) is 1. The zero-order chi connectivity index (χ0) is 19.4. The fourth-order valence-corrected chi connectivity index (χ4v) is 5.71. The van der Waals surface area contributed by atoms with E-state index >= 15 is 0 Å². The van der Waals surface area contributed by atoms with Gasteiger partial charge in [0.15, 0.2) is 0 Å². The quantitative estimate of drug-likeness (QED) is 0.816. The first-order chi connectivity index (χ1) is 13.5. The molecule has 2 aliphatic heterocycles. The van der Waals surface area contributed by atoms with E-state index in [2.05, 4.69) is 12.2 Å². The summed E-state index contributed by atoms with van der Waals surface area (Å²) in [6, 6.07) is 7.15. The number of fused-ring (bicyclic) bond motifs is 1. The standard InChI is InChI=1S/C22H26N2O4/c1-12-5-7-24(8-6-12)21(26)13-3-2-4-15(9-13)23-20(25)18-14-10-16-17(11-14)28-22(27)19(16)18/h2-4,9,12,14,16-19H,5-8,10-11H2,1H3,(H,23,25)/t14-,16+,17+,18-,19-/m1/s1. The molecule has 2 saturated carbocycles. The lowest BCUT2D eigenvalue weighted by Crippen LogP contribution is -2.38. The molecule has 0 unspecified atom stereocenters. The third-order valence-corrected chi connectivity index (χ3v) is 7.23. The van der Waals surface area contributed by atoms with Crippen molar-refractivity contribution < 1.29 is 19.1 Å². The number of nitrogens with zero attached hydrogens (tertiary/aromatic N) is 1.